The molecule has 0 spiro atoms. The number of alkyl carbamates (subject to hydrolysis) is 1. The highest BCUT2D eigenvalue weighted by Gasteiger charge is 2.23. The van der Waals surface area contributed by atoms with Crippen LogP contribution in [0.2, 0.25) is 0 Å². The van der Waals surface area contributed by atoms with Crippen molar-refractivity contribution in [1.29, 1.82) is 0 Å². The van der Waals surface area contributed by atoms with E-state index in [1.807, 2.05) is 34.6 Å². The lowest BCUT2D eigenvalue weighted by atomic mass is 10.0. The van der Waals surface area contributed by atoms with Gasteiger partial charge in [-0.05, 0) is 57.9 Å². The second kappa shape index (κ2) is 8.25. The van der Waals surface area contributed by atoms with Crippen molar-refractivity contribution < 1.29 is 13.9 Å². The highest BCUT2D eigenvalue weighted by molar-refractivity contribution is 5.68. The number of nitrogens with zero attached hydrogens (tertiary/aromatic N) is 2. The summed E-state index contributed by atoms with van der Waals surface area (Å²) in [5, 5.41) is 11.3. The topological polar surface area (TPSA) is 64.1 Å². The molecule has 5 nitrogen and oxygen atoms in total. The summed E-state index contributed by atoms with van der Waals surface area (Å²) in [6.45, 7) is 9.36. The van der Waals surface area contributed by atoms with Crippen molar-refractivity contribution in [3.8, 4) is 11.3 Å². The summed E-state index contributed by atoms with van der Waals surface area (Å²) in [5.74, 6) is -0.342. The first-order valence-corrected chi connectivity index (χ1v) is 8.80. The van der Waals surface area contributed by atoms with Crippen LogP contribution in [-0.4, -0.2) is 21.9 Å². The van der Waals surface area contributed by atoms with Gasteiger partial charge >= 0.3 is 6.09 Å². The average Bonchev–Trinajstić information content (AvgIpc) is 2.53. The van der Waals surface area contributed by atoms with Gasteiger partial charge in [0.1, 0.15) is 11.4 Å². The average molecular weight is 359 g/mol. The van der Waals surface area contributed by atoms with Gasteiger partial charge in [0.2, 0.25) is 0 Å². The molecule has 2 aromatic rings. The van der Waals surface area contributed by atoms with Gasteiger partial charge in [0.05, 0.1) is 17.4 Å². The summed E-state index contributed by atoms with van der Waals surface area (Å²) in [6.07, 6.45) is 1.07. The molecule has 6 heteroatoms. The van der Waals surface area contributed by atoms with Gasteiger partial charge in [-0.15, -0.1) is 0 Å². The number of rotatable bonds is 5. The van der Waals surface area contributed by atoms with E-state index in [2.05, 4.69) is 15.5 Å². The van der Waals surface area contributed by atoms with Crippen LogP contribution in [0.15, 0.2) is 30.3 Å². The largest absolute Gasteiger partial charge is 0.444 e. The number of amides is 1. The van der Waals surface area contributed by atoms with E-state index in [0.717, 1.165) is 12.0 Å². The number of ether oxygens (including phenoxy) is 1. The highest BCUT2D eigenvalue weighted by atomic mass is 19.1. The Balaban J connectivity index is 2.26. The van der Waals surface area contributed by atoms with Crippen LogP contribution in [0.5, 0.6) is 0 Å². The SMILES string of the molecule is CCCC(NC(=O)OC(C)(C)C)c1nnc(-c2ccccc2F)cc1C. The molecule has 0 fully saturated rings. The summed E-state index contributed by atoms with van der Waals surface area (Å²) < 4.78 is 19.3. The minimum atomic E-state index is -0.573. The number of hydrogen-bond donors (Lipinski definition) is 1. The molecule has 0 radical (unpaired) electrons. The molecule has 1 heterocycles. The number of carbonyl (C=O) groups excluding carboxylic acids is 1. The first-order valence-electron chi connectivity index (χ1n) is 8.80. The molecule has 2 rings (SSSR count). The molecule has 0 aliphatic carbocycles. The molecule has 1 N–H and O–H groups in total. The second-order valence-corrected chi connectivity index (χ2v) is 7.27. The number of aryl methyl sites for hydroxylation is 1. The van der Waals surface area contributed by atoms with Gasteiger partial charge in [-0.25, -0.2) is 9.18 Å². The lowest BCUT2D eigenvalue weighted by molar-refractivity contribution is 0.0499. The number of nitrogens with one attached hydrogen (secondary N) is 1. The number of halogens is 1. The molecule has 1 aromatic heterocycles. The van der Waals surface area contributed by atoms with Gasteiger partial charge < -0.3 is 10.1 Å². The lowest BCUT2D eigenvalue weighted by Gasteiger charge is -2.24. The molecule has 1 amide bonds. The summed E-state index contributed by atoms with van der Waals surface area (Å²) in [5.41, 5.74) is 1.81. The van der Waals surface area contributed by atoms with Crippen LogP contribution in [-0.2, 0) is 4.74 Å². The van der Waals surface area contributed by atoms with E-state index in [9.17, 15) is 9.18 Å². The smallest absolute Gasteiger partial charge is 0.408 e. The number of benzene rings is 1. The van der Waals surface area contributed by atoms with Gasteiger partial charge in [-0.1, -0.05) is 25.5 Å². The van der Waals surface area contributed by atoms with E-state index in [1.165, 1.54) is 6.07 Å². The summed E-state index contributed by atoms with van der Waals surface area (Å²) >= 11 is 0. The van der Waals surface area contributed by atoms with Crippen molar-refractivity contribution in [2.45, 2.75) is 59.1 Å². The maximum Gasteiger partial charge on any atom is 0.408 e. The van der Waals surface area contributed by atoms with E-state index < -0.39 is 11.7 Å². The van der Waals surface area contributed by atoms with Gasteiger partial charge in [0, 0.05) is 5.56 Å². The quantitative estimate of drug-likeness (QED) is 0.820. The van der Waals surface area contributed by atoms with E-state index >= 15 is 0 Å². The molecule has 0 aliphatic heterocycles. The van der Waals surface area contributed by atoms with Gasteiger partial charge in [-0.3, -0.25) is 0 Å². The van der Waals surface area contributed by atoms with E-state index in [0.29, 0.717) is 23.4 Å². The minimum absolute atomic E-state index is 0.308. The Morgan fingerprint density at radius 3 is 2.54 bits per heavy atom. The maximum atomic E-state index is 14.0. The third-order valence-electron chi connectivity index (χ3n) is 3.77. The van der Waals surface area contributed by atoms with Crippen LogP contribution in [0, 0.1) is 12.7 Å². The minimum Gasteiger partial charge on any atom is -0.444 e. The zero-order valence-corrected chi connectivity index (χ0v) is 16.0. The Morgan fingerprint density at radius 1 is 1.27 bits per heavy atom. The Hall–Kier alpha value is -2.50. The molecular formula is C20H26FN3O2. The van der Waals surface area contributed by atoms with Crippen molar-refractivity contribution >= 4 is 6.09 Å². The van der Waals surface area contributed by atoms with Crippen molar-refractivity contribution in [1.82, 2.24) is 15.5 Å². The predicted molar refractivity (Wildman–Crippen MR) is 99.2 cm³/mol. The molecule has 1 aromatic carbocycles. The van der Waals surface area contributed by atoms with Crippen molar-refractivity contribution in [2.75, 3.05) is 0 Å². The molecule has 0 saturated carbocycles. The number of aromatic nitrogens is 2. The van der Waals surface area contributed by atoms with Gasteiger partial charge in [0.25, 0.3) is 0 Å². The normalized spacial score (nSPS) is 12.5. The summed E-state index contributed by atoms with van der Waals surface area (Å²) in [6, 6.07) is 7.94. The maximum absolute atomic E-state index is 14.0. The first kappa shape index (κ1) is 19.8. The second-order valence-electron chi connectivity index (χ2n) is 7.27. The zero-order chi connectivity index (χ0) is 19.3. The molecule has 0 aliphatic rings. The first-order chi connectivity index (χ1) is 12.2. The van der Waals surface area contributed by atoms with Gasteiger partial charge in [-0.2, -0.15) is 10.2 Å². The third-order valence-corrected chi connectivity index (χ3v) is 3.77. The molecule has 1 unspecified atom stereocenters. The van der Waals surface area contributed by atoms with Crippen LogP contribution in [0.1, 0.15) is 57.8 Å². The number of carbonyl (C=O) groups is 1. The Morgan fingerprint density at radius 2 is 1.96 bits per heavy atom. The molecule has 26 heavy (non-hydrogen) atoms. The van der Waals surface area contributed by atoms with Crippen LogP contribution >= 0.6 is 0 Å². The van der Waals surface area contributed by atoms with Crippen molar-refractivity contribution in [3.05, 3.63) is 47.4 Å². The Kier molecular flexibility index (Phi) is 6.29. The fourth-order valence-electron chi connectivity index (χ4n) is 2.66. The van der Waals surface area contributed by atoms with E-state index in [1.54, 1.807) is 24.3 Å². The standard InChI is InChI=1S/C20H26FN3O2/c1-6-9-16(22-19(25)26-20(3,4)5)18-13(2)12-17(23-24-18)14-10-7-8-11-15(14)21/h7-8,10-12,16H,6,9H2,1-5H3,(H,22,25). The molecule has 0 saturated heterocycles. The third kappa shape index (κ3) is 5.25. The predicted octanol–water partition coefficient (Wildman–Crippen LogP) is 4.96. The molecule has 140 valence electrons. The van der Waals surface area contributed by atoms with Crippen molar-refractivity contribution in [2.24, 2.45) is 0 Å². The molecule has 1 atom stereocenters. The molecule has 0 bridgehead atoms. The fourth-order valence-corrected chi connectivity index (χ4v) is 2.66. The molecular weight excluding hydrogens is 333 g/mol. The van der Waals surface area contributed by atoms with E-state index in [-0.39, 0.29) is 11.9 Å². The van der Waals surface area contributed by atoms with Crippen LogP contribution in [0.25, 0.3) is 11.3 Å². The highest BCUT2D eigenvalue weighted by Crippen LogP contribution is 2.25. The summed E-state index contributed by atoms with van der Waals surface area (Å²) in [4.78, 5) is 12.1. The van der Waals surface area contributed by atoms with Crippen molar-refractivity contribution in [3.63, 3.8) is 0 Å². The van der Waals surface area contributed by atoms with Gasteiger partial charge in [0.15, 0.2) is 0 Å². The van der Waals surface area contributed by atoms with E-state index in [4.69, 9.17) is 4.74 Å². The Bertz CT molecular complexity index is 772. The van der Waals surface area contributed by atoms with Crippen LogP contribution < -0.4 is 5.32 Å². The lowest BCUT2D eigenvalue weighted by Crippen LogP contribution is -2.35. The number of hydrogen-bond acceptors (Lipinski definition) is 4. The zero-order valence-electron chi connectivity index (χ0n) is 16.0. The van der Waals surface area contributed by atoms with Crippen LogP contribution in [0.3, 0.4) is 0 Å². The fraction of sp³-hybridized carbons (Fsp3) is 0.450. The summed E-state index contributed by atoms with van der Waals surface area (Å²) in [7, 11) is 0. The van der Waals surface area contributed by atoms with Crippen LogP contribution in [0.4, 0.5) is 9.18 Å². The Labute approximate surface area is 154 Å². The monoisotopic (exact) mass is 359 g/mol.